The third kappa shape index (κ3) is 3.20. The molecule has 1 fully saturated rings. The molecule has 0 heterocycles. The molecule has 0 spiro atoms. The molecule has 1 aliphatic rings. The number of rotatable bonds is 5. The predicted octanol–water partition coefficient (Wildman–Crippen LogP) is 3.14. The number of ether oxygens (including phenoxy) is 1. The minimum absolute atomic E-state index is 0.299. The summed E-state index contributed by atoms with van der Waals surface area (Å²) in [6, 6.07) is 5.20. The van der Waals surface area contributed by atoms with Crippen molar-refractivity contribution in [1.29, 1.82) is 0 Å². The summed E-state index contributed by atoms with van der Waals surface area (Å²) < 4.78 is 5.04. The number of methoxy groups -OCH3 is 1. The third-order valence-corrected chi connectivity index (χ3v) is 5.44. The predicted molar refractivity (Wildman–Crippen MR) is 85.4 cm³/mol. The molecule has 0 atom stereocenters. The first-order valence-corrected chi connectivity index (χ1v) is 8.09. The van der Waals surface area contributed by atoms with E-state index in [1.807, 2.05) is 11.8 Å². The van der Waals surface area contributed by atoms with E-state index in [1.165, 1.54) is 32.8 Å². The van der Waals surface area contributed by atoms with Crippen LogP contribution in [0.2, 0.25) is 0 Å². The molecule has 0 unspecified atom stereocenters. The van der Waals surface area contributed by atoms with Crippen molar-refractivity contribution < 1.29 is 9.53 Å². The van der Waals surface area contributed by atoms with Crippen LogP contribution in [0.5, 0.6) is 0 Å². The fourth-order valence-corrected chi connectivity index (χ4v) is 3.60. The number of hydrogen-bond donors (Lipinski definition) is 2. The number of hydrogen-bond acceptors (Lipinski definition) is 5. The van der Waals surface area contributed by atoms with E-state index < -0.39 is 0 Å². The Kier molecular flexibility index (Phi) is 4.81. The van der Waals surface area contributed by atoms with Crippen molar-refractivity contribution in [2.75, 3.05) is 31.0 Å². The molecule has 1 aromatic carbocycles. The molecule has 0 radical (unpaired) electrons. The van der Waals surface area contributed by atoms with Gasteiger partial charge in [0.1, 0.15) is 0 Å². The van der Waals surface area contributed by atoms with Gasteiger partial charge in [0.2, 0.25) is 0 Å². The van der Waals surface area contributed by atoms with E-state index in [0.717, 1.165) is 12.2 Å². The average molecular weight is 294 g/mol. The number of anilines is 2. The highest BCUT2D eigenvalue weighted by Gasteiger charge is 2.32. The molecule has 1 aliphatic carbocycles. The molecule has 3 N–H and O–H groups in total. The molecule has 110 valence electrons. The zero-order valence-electron chi connectivity index (χ0n) is 12.1. The summed E-state index contributed by atoms with van der Waals surface area (Å²) in [6.07, 6.45) is 7.22. The smallest absolute Gasteiger partial charge is 0.337 e. The van der Waals surface area contributed by atoms with Gasteiger partial charge < -0.3 is 15.8 Å². The maximum absolute atomic E-state index is 11.6. The molecule has 20 heavy (non-hydrogen) atoms. The van der Waals surface area contributed by atoms with E-state index in [4.69, 9.17) is 10.5 Å². The van der Waals surface area contributed by atoms with Gasteiger partial charge in [-0.25, -0.2) is 4.79 Å². The van der Waals surface area contributed by atoms with Crippen molar-refractivity contribution in [3.05, 3.63) is 23.8 Å². The lowest BCUT2D eigenvalue weighted by atomic mass is 10.1. The summed E-state index contributed by atoms with van der Waals surface area (Å²) in [4.78, 5) is 11.6. The molecule has 1 aromatic rings. The number of nitrogens with one attached hydrogen (secondary N) is 1. The van der Waals surface area contributed by atoms with Crippen LogP contribution in [-0.4, -0.2) is 30.6 Å². The van der Waals surface area contributed by atoms with E-state index in [2.05, 4.69) is 11.6 Å². The van der Waals surface area contributed by atoms with Crippen molar-refractivity contribution in [3.63, 3.8) is 0 Å². The molecule has 0 amide bonds. The van der Waals surface area contributed by atoms with Gasteiger partial charge in [0.25, 0.3) is 0 Å². The van der Waals surface area contributed by atoms with Gasteiger partial charge in [0.15, 0.2) is 0 Å². The molecule has 0 saturated heterocycles. The zero-order chi connectivity index (χ0) is 14.6. The number of nitrogen functional groups attached to an aromatic ring is 1. The fraction of sp³-hybridized carbons (Fsp3) is 0.533. The maximum Gasteiger partial charge on any atom is 0.337 e. The van der Waals surface area contributed by atoms with Crippen LogP contribution in [0.3, 0.4) is 0 Å². The summed E-state index contributed by atoms with van der Waals surface area (Å²) in [7, 11) is 1.38. The normalized spacial score (nSPS) is 16.9. The van der Waals surface area contributed by atoms with Crippen molar-refractivity contribution >= 4 is 29.1 Å². The first-order valence-electron chi connectivity index (χ1n) is 6.87. The lowest BCUT2D eigenvalue weighted by molar-refractivity contribution is 0.0601. The van der Waals surface area contributed by atoms with Crippen molar-refractivity contribution in [1.82, 2.24) is 0 Å². The number of carbonyl (C=O) groups excluding carboxylic acids is 1. The Morgan fingerprint density at radius 2 is 2.15 bits per heavy atom. The minimum Gasteiger partial charge on any atom is -0.465 e. The summed E-state index contributed by atoms with van der Waals surface area (Å²) in [6.45, 7) is 0.878. The largest absolute Gasteiger partial charge is 0.465 e. The van der Waals surface area contributed by atoms with Crippen LogP contribution < -0.4 is 11.1 Å². The van der Waals surface area contributed by atoms with E-state index in [-0.39, 0.29) is 5.97 Å². The molecule has 0 aromatic heterocycles. The second-order valence-electron chi connectivity index (χ2n) is 5.24. The molecular formula is C15H22N2O2S. The molecule has 5 heteroatoms. The number of carbonyl (C=O) groups is 1. The maximum atomic E-state index is 11.6. The topological polar surface area (TPSA) is 64.3 Å². The Morgan fingerprint density at radius 3 is 2.75 bits per heavy atom. The number of nitrogens with two attached hydrogens (primary N) is 1. The van der Waals surface area contributed by atoms with Crippen molar-refractivity contribution in [2.45, 2.75) is 30.4 Å². The second kappa shape index (κ2) is 6.39. The van der Waals surface area contributed by atoms with Gasteiger partial charge in [-0.15, -0.1) is 0 Å². The molecule has 0 aliphatic heterocycles. The zero-order valence-corrected chi connectivity index (χ0v) is 12.9. The standard InChI is InChI=1S/C15H22N2O2S/c1-19-14(18)11-5-6-12(16)13(9-11)17-10-15(20-2)7-3-4-8-15/h5-6,9,17H,3-4,7-8,10,16H2,1-2H3. The molecular weight excluding hydrogens is 272 g/mol. The second-order valence-corrected chi connectivity index (χ2v) is 6.52. The fourth-order valence-electron chi connectivity index (χ4n) is 2.68. The van der Waals surface area contributed by atoms with Gasteiger partial charge in [-0.05, 0) is 37.3 Å². The van der Waals surface area contributed by atoms with Crippen molar-refractivity contribution in [3.8, 4) is 0 Å². The quantitative estimate of drug-likeness (QED) is 0.645. The molecule has 0 bridgehead atoms. The van der Waals surface area contributed by atoms with Gasteiger partial charge in [-0.2, -0.15) is 11.8 Å². The summed E-state index contributed by atoms with van der Waals surface area (Å²) in [5.41, 5.74) is 7.97. The van der Waals surface area contributed by atoms with Gasteiger partial charge in [0.05, 0.1) is 24.0 Å². The number of esters is 1. The molecule has 2 rings (SSSR count). The summed E-state index contributed by atoms with van der Waals surface area (Å²) >= 11 is 1.93. The van der Waals surface area contributed by atoms with E-state index in [9.17, 15) is 4.79 Å². The van der Waals surface area contributed by atoms with Crippen LogP contribution in [0, 0.1) is 0 Å². The Hall–Kier alpha value is -1.36. The Bertz CT molecular complexity index is 485. The van der Waals surface area contributed by atoms with Gasteiger partial charge >= 0.3 is 5.97 Å². The van der Waals surface area contributed by atoms with Gasteiger partial charge in [-0.3, -0.25) is 0 Å². The molecule has 4 nitrogen and oxygen atoms in total. The third-order valence-electron chi connectivity index (χ3n) is 4.02. The van der Waals surface area contributed by atoms with E-state index >= 15 is 0 Å². The van der Waals surface area contributed by atoms with Crippen LogP contribution in [0.4, 0.5) is 11.4 Å². The molecule has 1 saturated carbocycles. The van der Waals surface area contributed by atoms with Gasteiger partial charge in [0, 0.05) is 11.3 Å². The lowest BCUT2D eigenvalue weighted by Crippen LogP contribution is -2.30. The van der Waals surface area contributed by atoms with Crippen LogP contribution in [0.1, 0.15) is 36.0 Å². The first kappa shape index (κ1) is 15.0. The summed E-state index contributed by atoms with van der Waals surface area (Å²) in [5, 5.41) is 3.41. The first-order chi connectivity index (χ1) is 9.60. The van der Waals surface area contributed by atoms with Crippen LogP contribution in [-0.2, 0) is 4.74 Å². The monoisotopic (exact) mass is 294 g/mol. The SMILES string of the molecule is COC(=O)c1ccc(N)c(NCC2(SC)CCCC2)c1. The highest BCUT2D eigenvalue weighted by molar-refractivity contribution is 8.00. The van der Waals surface area contributed by atoms with E-state index in [0.29, 0.717) is 16.0 Å². The number of benzene rings is 1. The highest BCUT2D eigenvalue weighted by atomic mass is 32.2. The van der Waals surface area contributed by atoms with Crippen LogP contribution >= 0.6 is 11.8 Å². The van der Waals surface area contributed by atoms with Crippen LogP contribution in [0.25, 0.3) is 0 Å². The Morgan fingerprint density at radius 1 is 1.45 bits per heavy atom. The Labute approximate surface area is 124 Å². The lowest BCUT2D eigenvalue weighted by Gasteiger charge is -2.28. The van der Waals surface area contributed by atoms with Crippen LogP contribution in [0.15, 0.2) is 18.2 Å². The summed E-state index contributed by atoms with van der Waals surface area (Å²) in [5.74, 6) is -0.339. The Balaban J connectivity index is 2.10. The van der Waals surface area contributed by atoms with E-state index in [1.54, 1.807) is 18.2 Å². The van der Waals surface area contributed by atoms with Crippen molar-refractivity contribution in [2.24, 2.45) is 0 Å². The number of thioether (sulfide) groups is 1. The minimum atomic E-state index is -0.339. The highest BCUT2D eigenvalue weighted by Crippen LogP contribution is 2.40. The average Bonchev–Trinajstić information content (AvgIpc) is 2.95. The van der Waals surface area contributed by atoms with Gasteiger partial charge in [-0.1, -0.05) is 12.8 Å².